The minimum atomic E-state index is 0.503. The Morgan fingerprint density at radius 1 is 1.15 bits per heavy atom. The van der Waals surface area contributed by atoms with E-state index < -0.39 is 0 Å². The lowest BCUT2D eigenvalue weighted by atomic mass is 10.1. The summed E-state index contributed by atoms with van der Waals surface area (Å²) in [6.07, 6.45) is 1.71. The summed E-state index contributed by atoms with van der Waals surface area (Å²) in [5.41, 5.74) is 4.87. The molecule has 0 spiro atoms. The van der Waals surface area contributed by atoms with E-state index in [1.54, 1.807) is 6.21 Å². The van der Waals surface area contributed by atoms with Gasteiger partial charge in [0.25, 0.3) is 0 Å². The van der Waals surface area contributed by atoms with Gasteiger partial charge in [-0.15, -0.1) is 0 Å². The molecule has 0 heterocycles. The molecule has 0 aromatic heterocycles. The molecular weight excluding hydrogens is 422 g/mol. The first-order valence-electron chi connectivity index (χ1n) is 8.63. The fourth-order valence-electron chi connectivity index (χ4n) is 2.65. The van der Waals surface area contributed by atoms with Gasteiger partial charge in [0, 0.05) is 6.54 Å². The van der Waals surface area contributed by atoms with Crippen LogP contribution in [0.3, 0.4) is 0 Å². The van der Waals surface area contributed by atoms with Crippen molar-refractivity contribution in [1.82, 2.24) is 10.7 Å². The first-order chi connectivity index (χ1) is 13.2. The Morgan fingerprint density at radius 2 is 1.96 bits per heavy atom. The minimum absolute atomic E-state index is 0.503. The summed E-state index contributed by atoms with van der Waals surface area (Å²) < 4.78 is 6.90. The Morgan fingerprint density at radius 3 is 2.78 bits per heavy atom. The maximum Gasteiger partial charge on any atom is 0.186 e. The van der Waals surface area contributed by atoms with E-state index in [-0.39, 0.29) is 0 Å². The molecule has 0 aliphatic carbocycles. The first-order valence-corrected chi connectivity index (χ1v) is 9.83. The molecule has 27 heavy (non-hydrogen) atoms. The quantitative estimate of drug-likeness (QED) is 0.321. The SMILES string of the molecule is CCNC(=S)N/N=C\c1ccc(OCc2cccc3ccccc23)c(Br)c1. The fraction of sp³-hybridized carbons (Fsp3) is 0.143. The topological polar surface area (TPSA) is 45.7 Å². The van der Waals surface area contributed by atoms with Crippen LogP contribution in [0.5, 0.6) is 5.75 Å². The number of ether oxygens (including phenoxy) is 1. The van der Waals surface area contributed by atoms with Crippen LogP contribution in [0.4, 0.5) is 0 Å². The number of nitrogens with zero attached hydrogens (tertiary/aromatic N) is 1. The monoisotopic (exact) mass is 441 g/mol. The van der Waals surface area contributed by atoms with E-state index in [1.165, 1.54) is 10.8 Å². The van der Waals surface area contributed by atoms with Crippen molar-refractivity contribution in [1.29, 1.82) is 0 Å². The third-order valence-corrected chi connectivity index (χ3v) is 4.79. The number of halogens is 1. The molecule has 3 aromatic carbocycles. The van der Waals surface area contributed by atoms with Gasteiger partial charge in [-0.05, 0) is 75.2 Å². The third kappa shape index (κ3) is 5.28. The van der Waals surface area contributed by atoms with E-state index in [0.717, 1.165) is 27.9 Å². The molecule has 3 aromatic rings. The van der Waals surface area contributed by atoms with Crippen LogP contribution >= 0.6 is 28.1 Å². The second-order valence-electron chi connectivity index (χ2n) is 5.85. The zero-order valence-electron chi connectivity index (χ0n) is 14.9. The van der Waals surface area contributed by atoms with E-state index in [0.29, 0.717) is 11.7 Å². The highest BCUT2D eigenvalue weighted by atomic mass is 79.9. The predicted octanol–water partition coefficient (Wildman–Crippen LogP) is 5.00. The Bertz CT molecular complexity index is 969. The predicted molar refractivity (Wildman–Crippen MR) is 119 cm³/mol. The van der Waals surface area contributed by atoms with Crippen molar-refractivity contribution < 1.29 is 4.74 Å². The van der Waals surface area contributed by atoms with Crippen molar-refractivity contribution >= 4 is 50.2 Å². The number of thiocarbonyl (C=S) groups is 1. The number of rotatable bonds is 6. The van der Waals surface area contributed by atoms with E-state index in [1.807, 2.05) is 37.3 Å². The summed E-state index contributed by atoms with van der Waals surface area (Å²) in [6, 6.07) is 20.4. The van der Waals surface area contributed by atoms with Gasteiger partial charge in [0.1, 0.15) is 12.4 Å². The van der Waals surface area contributed by atoms with Gasteiger partial charge >= 0.3 is 0 Å². The van der Waals surface area contributed by atoms with Crippen LogP contribution in [-0.2, 0) is 6.61 Å². The van der Waals surface area contributed by atoms with E-state index in [2.05, 4.69) is 62.1 Å². The minimum Gasteiger partial charge on any atom is -0.488 e. The molecule has 0 aliphatic heterocycles. The van der Waals surface area contributed by atoms with Crippen molar-refractivity contribution in [3.8, 4) is 5.75 Å². The summed E-state index contributed by atoms with van der Waals surface area (Å²) in [5, 5.41) is 10.0. The Balaban J connectivity index is 1.66. The van der Waals surface area contributed by atoms with Crippen LogP contribution in [0.25, 0.3) is 10.8 Å². The zero-order valence-corrected chi connectivity index (χ0v) is 17.3. The number of hydrogen-bond donors (Lipinski definition) is 2. The fourth-order valence-corrected chi connectivity index (χ4v) is 3.36. The molecule has 0 saturated carbocycles. The Hall–Kier alpha value is -2.44. The van der Waals surface area contributed by atoms with Gasteiger partial charge in [-0.1, -0.05) is 42.5 Å². The number of nitrogens with one attached hydrogen (secondary N) is 2. The van der Waals surface area contributed by atoms with Gasteiger partial charge in [-0.2, -0.15) is 5.10 Å². The van der Waals surface area contributed by atoms with E-state index >= 15 is 0 Å². The molecule has 0 saturated heterocycles. The molecule has 0 atom stereocenters. The van der Waals surface area contributed by atoms with Crippen LogP contribution in [0, 0.1) is 0 Å². The van der Waals surface area contributed by atoms with Gasteiger partial charge in [0.2, 0.25) is 0 Å². The highest BCUT2D eigenvalue weighted by molar-refractivity contribution is 9.10. The molecule has 138 valence electrons. The molecule has 0 amide bonds. The lowest BCUT2D eigenvalue weighted by molar-refractivity contribution is 0.305. The average Bonchev–Trinajstić information content (AvgIpc) is 2.67. The van der Waals surface area contributed by atoms with Crippen LogP contribution in [0.1, 0.15) is 18.1 Å². The standard InChI is InChI=1S/C21H20BrN3OS/c1-2-23-21(27)25-24-13-15-10-11-20(19(22)12-15)26-14-17-8-5-7-16-6-3-4-9-18(16)17/h3-13H,2,14H2,1H3,(H2,23,25,27)/b24-13-. The summed E-state index contributed by atoms with van der Waals surface area (Å²) in [5.74, 6) is 0.788. The third-order valence-electron chi connectivity index (χ3n) is 3.94. The summed E-state index contributed by atoms with van der Waals surface area (Å²) in [7, 11) is 0. The molecular formula is C21H20BrN3OS. The smallest absolute Gasteiger partial charge is 0.186 e. The van der Waals surface area contributed by atoms with Crippen molar-refractivity contribution in [3.63, 3.8) is 0 Å². The highest BCUT2D eigenvalue weighted by Gasteiger charge is 2.05. The Labute approximate surface area is 172 Å². The molecule has 0 aliphatic rings. The maximum atomic E-state index is 6.02. The zero-order chi connectivity index (χ0) is 19.1. The summed E-state index contributed by atoms with van der Waals surface area (Å²) in [6.45, 7) is 3.24. The molecule has 3 rings (SSSR count). The molecule has 0 radical (unpaired) electrons. The van der Waals surface area contributed by atoms with Crippen molar-refractivity contribution in [2.24, 2.45) is 5.10 Å². The lowest BCUT2D eigenvalue weighted by Crippen LogP contribution is -2.31. The second-order valence-corrected chi connectivity index (χ2v) is 7.11. The molecule has 0 fully saturated rings. The average molecular weight is 442 g/mol. The van der Waals surface area contributed by atoms with Gasteiger partial charge in [0.15, 0.2) is 5.11 Å². The van der Waals surface area contributed by atoms with Crippen LogP contribution in [0.2, 0.25) is 0 Å². The first kappa shape index (κ1) is 19.3. The Kier molecular flexibility index (Phi) is 6.79. The van der Waals surface area contributed by atoms with Crippen LogP contribution in [0.15, 0.2) is 70.2 Å². The number of fused-ring (bicyclic) bond motifs is 1. The molecule has 4 nitrogen and oxygen atoms in total. The number of hydrazone groups is 1. The van der Waals surface area contributed by atoms with Gasteiger partial charge in [-0.3, -0.25) is 5.43 Å². The summed E-state index contributed by atoms with van der Waals surface area (Å²) >= 11 is 8.64. The van der Waals surface area contributed by atoms with E-state index in [9.17, 15) is 0 Å². The normalized spacial score (nSPS) is 10.9. The van der Waals surface area contributed by atoms with Gasteiger partial charge in [0.05, 0.1) is 10.7 Å². The molecule has 2 N–H and O–H groups in total. The maximum absolute atomic E-state index is 6.02. The van der Waals surface area contributed by atoms with E-state index in [4.69, 9.17) is 17.0 Å². The largest absolute Gasteiger partial charge is 0.488 e. The molecule has 6 heteroatoms. The molecule has 0 bridgehead atoms. The second kappa shape index (κ2) is 9.48. The van der Waals surface area contributed by atoms with Crippen molar-refractivity contribution in [2.75, 3.05) is 6.54 Å². The van der Waals surface area contributed by atoms with Crippen molar-refractivity contribution in [3.05, 3.63) is 76.3 Å². The summed E-state index contributed by atoms with van der Waals surface area (Å²) in [4.78, 5) is 0. The van der Waals surface area contributed by atoms with Crippen molar-refractivity contribution in [2.45, 2.75) is 13.5 Å². The highest BCUT2D eigenvalue weighted by Crippen LogP contribution is 2.27. The van der Waals surface area contributed by atoms with Gasteiger partial charge in [-0.25, -0.2) is 0 Å². The lowest BCUT2D eigenvalue weighted by Gasteiger charge is -2.11. The van der Waals surface area contributed by atoms with Gasteiger partial charge < -0.3 is 10.1 Å². The number of hydrogen-bond acceptors (Lipinski definition) is 3. The van der Waals surface area contributed by atoms with Crippen LogP contribution in [-0.4, -0.2) is 17.9 Å². The molecule has 0 unspecified atom stereocenters. The van der Waals surface area contributed by atoms with Crippen LogP contribution < -0.4 is 15.5 Å². The number of benzene rings is 3.